The molecule has 1 aliphatic rings. The summed E-state index contributed by atoms with van der Waals surface area (Å²) in [6, 6.07) is 4.18. The maximum atomic E-state index is 12.3. The molecule has 1 fully saturated rings. The van der Waals surface area contributed by atoms with E-state index in [2.05, 4.69) is 48.9 Å². The third-order valence-corrected chi connectivity index (χ3v) is 5.18. The van der Waals surface area contributed by atoms with Gasteiger partial charge >= 0.3 is 0 Å². The topological polar surface area (TPSA) is 41.1 Å². The highest BCUT2D eigenvalue weighted by Crippen LogP contribution is 2.26. The smallest absolute Gasteiger partial charge is 0.237 e. The summed E-state index contributed by atoms with van der Waals surface area (Å²) in [5.41, 5.74) is 0.00172. The van der Waals surface area contributed by atoms with Gasteiger partial charge in [0.2, 0.25) is 5.91 Å². The summed E-state index contributed by atoms with van der Waals surface area (Å²) < 4.78 is 0. The predicted octanol–water partition coefficient (Wildman–Crippen LogP) is 2.53. The predicted molar refractivity (Wildman–Crippen MR) is 80.5 cm³/mol. The molecule has 0 aromatic carbocycles. The van der Waals surface area contributed by atoms with Gasteiger partial charge in [-0.2, -0.15) is 0 Å². The van der Waals surface area contributed by atoms with Crippen molar-refractivity contribution in [3.05, 3.63) is 22.4 Å². The molecule has 0 spiro atoms. The molecule has 2 unspecified atom stereocenters. The molecule has 2 rings (SSSR count). The first-order valence-corrected chi connectivity index (χ1v) is 7.94. The standard InChI is InChI=1S/C15H24N2OS/c1-11-6-4-8-16-13(11)14(18)17-10-15(2,3)12-7-5-9-19-12/h5,7,9,11,13,16H,4,6,8,10H2,1-3H3,(H,17,18). The average molecular weight is 280 g/mol. The van der Waals surface area contributed by atoms with Gasteiger partial charge in [-0.05, 0) is 36.8 Å². The number of thiophene rings is 1. The van der Waals surface area contributed by atoms with Gasteiger partial charge in [0, 0.05) is 16.8 Å². The van der Waals surface area contributed by atoms with Crippen LogP contribution in [0.3, 0.4) is 0 Å². The number of carbonyl (C=O) groups excluding carboxylic acids is 1. The molecule has 0 saturated carbocycles. The lowest BCUT2D eigenvalue weighted by Gasteiger charge is -2.31. The molecule has 2 atom stereocenters. The van der Waals surface area contributed by atoms with Crippen LogP contribution in [0.15, 0.2) is 17.5 Å². The van der Waals surface area contributed by atoms with Crippen LogP contribution in [0.5, 0.6) is 0 Å². The first kappa shape index (κ1) is 14.5. The fourth-order valence-corrected chi connectivity index (χ4v) is 3.42. The lowest BCUT2D eigenvalue weighted by Crippen LogP contribution is -2.52. The quantitative estimate of drug-likeness (QED) is 0.890. The fraction of sp³-hybridized carbons (Fsp3) is 0.667. The summed E-state index contributed by atoms with van der Waals surface area (Å²) in [7, 11) is 0. The van der Waals surface area contributed by atoms with E-state index in [1.807, 2.05) is 0 Å². The monoisotopic (exact) mass is 280 g/mol. The Balaban J connectivity index is 1.89. The summed E-state index contributed by atoms with van der Waals surface area (Å²) >= 11 is 1.75. The van der Waals surface area contributed by atoms with Crippen LogP contribution in [0, 0.1) is 5.92 Å². The number of hydrogen-bond donors (Lipinski definition) is 2. The van der Waals surface area contributed by atoms with Crippen LogP contribution in [0.2, 0.25) is 0 Å². The van der Waals surface area contributed by atoms with Crippen molar-refractivity contribution in [2.75, 3.05) is 13.1 Å². The van der Waals surface area contributed by atoms with Crippen molar-refractivity contribution < 1.29 is 4.79 Å². The van der Waals surface area contributed by atoms with Gasteiger partial charge in [-0.3, -0.25) is 4.79 Å². The summed E-state index contributed by atoms with van der Waals surface area (Å²) in [4.78, 5) is 13.6. The number of nitrogens with one attached hydrogen (secondary N) is 2. The van der Waals surface area contributed by atoms with Gasteiger partial charge in [0.15, 0.2) is 0 Å². The van der Waals surface area contributed by atoms with Crippen LogP contribution < -0.4 is 10.6 Å². The van der Waals surface area contributed by atoms with Gasteiger partial charge in [-0.1, -0.05) is 26.8 Å². The first-order chi connectivity index (χ1) is 9.00. The van der Waals surface area contributed by atoms with Gasteiger partial charge in [0.25, 0.3) is 0 Å². The Labute approximate surface area is 119 Å². The van der Waals surface area contributed by atoms with E-state index in [1.54, 1.807) is 11.3 Å². The summed E-state index contributed by atoms with van der Waals surface area (Å²) in [5.74, 6) is 0.579. The molecule has 19 heavy (non-hydrogen) atoms. The lowest BCUT2D eigenvalue weighted by molar-refractivity contribution is -0.125. The third kappa shape index (κ3) is 3.57. The van der Waals surface area contributed by atoms with Crippen molar-refractivity contribution in [1.82, 2.24) is 10.6 Å². The summed E-state index contributed by atoms with van der Waals surface area (Å²) in [6.07, 6.45) is 2.31. The van der Waals surface area contributed by atoms with Gasteiger partial charge < -0.3 is 10.6 Å². The molecule has 1 aromatic rings. The van der Waals surface area contributed by atoms with E-state index in [-0.39, 0.29) is 17.4 Å². The molecule has 4 heteroatoms. The average Bonchev–Trinajstić information content (AvgIpc) is 2.91. The number of amides is 1. The van der Waals surface area contributed by atoms with Crippen molar-refractivity contribution in [3.8, 4) is 0 Å². The minimum absolute atomic E-state index is 0.00172. The van der Waals surface area contributed by atoms with E-state index in [0.29, 0.717) is 12.5 Å². The van der Waals surface area contributed by atoms with Gasteiger partial charge in [0.05, 0.1) is 6.04 Å². The zero-order valence-corrected chi connectivity index (χ0v) is 12.8. The summed E-state index contributed by atoms with van der Waals surface area (Å²) in [5, 5.41) is 8.53. The molecule has 0 bridgehead atoms. The molecule has 2 N–H and O–H groups in total. The maximum Gasteiger partial charge on any atom is 0.237 e. The van der Waals surface area contributed by atoms with E-state index < -0.39 is 0 Å². The molecule has 106 valence electrons. The van der Waals surface area contributed by atoms with Crippen molar-refractivity contribution >= 4 is 17.2 Å². The van der Waals surface area contributed by atoms with Gasteiger partial charge in [-0.15, -0.1) is 11.3 Å². The molecule has 3 nitrogen and oxygen atoms in total. The zero-order chi connectivity index (χ0) is 13.9. The second-order valence-electron chi connectivity index (χ2n) is 6.13. The van der Waals surface area contributed by atoms with Crippen LogP contribution in [-0.2, 0) is 10.2 Å². The second-order valence-corrected chi connectivity index (χ2v) is 7.08. The van der Waals surface area contributed by atoms with Crippen molar-refractivity contribution in [1.29, 1.82) is 0 Å². The third-order valence-electron chi connectivity index (χ3n) is 3.94. The van der Waals surface area contributed by atoms with E-state index in [1.165, 1.54) is 11.3 Å². The SMILES string of the molecule is CC1CCCNC1C(=O)NCC(C)(C)c1cccs1. The molecule has 0 radical (unpaired) electrons. The van der Waals surface area contributed by atoms with E-state index in [4.69, 9.17) is 0 Å². The van der Waals surface area contributed by atoms with Gasteiger partial charge in [0.1, 0.15) is 0 Å². The Morgan fingerprint density at radius 3 is 3.00 bits per heavy atom. The Hall–Kier alpha value is -0.870. The van der Waals surface area contributed by atoms with Crippen LogP contribution in [0.4, 0.5) is 0 Å². The molecule has 2 heterocycles. The number of hydrogen-bond acceptors (Lipinski definition) is 3. The molecule has 0 aliphatic carbocycles. The highest BCUT2D eigenvalue weighted by atomic mass is 32.1. The number of rotatable bonds is 4. The molecule has 1 amide bonds. The zero-order valence-electron chi connectivity index (χ0n) is 12.0. The Bertz CT molecular complexity index is 414. The minimum atomic E-state index is -0.0205. The highest BCUT2D eigenvalue weighted by molar-refractivity contribution is 7.10. The summed E-state index contributed by atoms with van der Waals surface area (Å²) in [6.45, 7) is 8.16. The molecule has 1 aromatic heterocycles. The molecular weight excluding hydrogens is 256 g/mol. The van der Waals surface area contributed by atoms with Crippen LogP contribution >= 0.6 is 11.3 Å². The van der Waals surface area contributed by atoms with Crippen molar-refractivity contribution in [2.45, 2.75) is 45.1 Å². The van der Waals surface area contributed by atoms with Crippen LogP contribution in [0.1, 0.15) is 38.5 Å². The van der Waals surface area contributed by atoms with E-state index in [0.717, 1.165) is 13.0 Å². The maximum absolute atomic E-state index is 12.3. The highest BCUT2D eigenvalue weighted by Gasteiger charge is 2.29. The first-order valence-electron chi connectivity index (χ1n) is 7.06. The molecular formula is C15H24N2OS. The second kappa shape index (κ2) is 6.06. The Morgan fingerprint density at radius 1 is 1.58 bits per heavy atom. The fourth-order valence-electron chi connectivity index (χ4n) is 2.57. The Kier molecular flexibility index (Phi) is 4.63. The Morgan fingerprint density at radius 2 is 2.37 bits per heavy atom. The van der Waals surface area contributed by atoms with E-state index >= 15 is 0 Å². The number of carbonyl (C=O) groups is 1. The van der Waals surface area contributed by atoms with E-state index in [9.17, 15) is 4.79 Å². The van der Waals surface area contributed by atoms with Crippen molar-refractivity contribution in [3.63, 3.8) is 0 Å². The van der Waals surface area contributed by atoms with Crippen molar-refractivity contribution in [2.24, 2.45) is 5.92 Å². The van der Waals surface area contributed by atoms with Crippen LogP contribution in [-0.4, -0.2) is 25.0 Å². The lowest BCUT2D eigenvalue weighted by atomic mass is 9.89. The van der Waals surface area contributed by atoms with Gasteiger partial charge in [-0.25, -0.2) is 0 Å². The molecule has 1 saturated heterocycles. The van der Waals surface area contributed by atoms with Crippen LogP contribution in [0.25, 0.3) is 0 Å². The number of piperidine rings is 1. The molecule has 1 aliphatic heterocycles. The largest absolute Gasteiger partial charge is 0.354 e. The normalized spacial score (nSPS) is 24.2. The minimum Gasteiger partial charge on any atom is -0.354 e.